The smallest absolute Gasteiger partial charge is 0.269 e. The maximum Gasteiger partial charge on any atom is 0.269 e. The van der Waals surface area contributed by atoms with Crippen molar-refractivity contribution in [3.63, 3.8) is 0 Å². The Balaban J connectivity index is 1.96. The molecule has 2 aromatic carbocycles. The number of sulfone groups is 1. The number of aromatic nitrogens is 2. The Morgan fingerprint density at radius 2 is 1.80 bits per heavy atom. The molecule has 0 spiro atoms. The van der Waals surface area contributed by atoms with Crippen LogP contribution in [0.3, 0.4) is 0 Å². The second-order valence-electron chi connectivity index (χ2n) is 7.97. The number of fused-ring (bicyclic) bond motifs is 1. The predicted octanol–water partition coefficient (Wildman–Crippen LogP) is 5.40. The van der Waals surface area contributed by atoms with Crippen molar-refractivity contribution in [2.75, 3.05) is 0 Å². The van der Waals surface area contributed by atoms with E-state index < -0.39 is 20.3 Å². The van der Waals surface area contributed by atoms with Crippen LogP contribution < -0.4 is 10.3 Å². The zero-order valence-electron chi connectivity index (χ0n) is 19.1. The number of allylic oxidation sites excluding steroid dienone is 1. The summed E-state index contributed by atoms with van der Waals surface area (Å²) < 4.78 is 33.6. The number of pyridine rings is 1. The number of hydrogen-bond donors (Lipinski definition) is 0. The highest BCUT2D eigenvalue weighted by Crippen LogP contribution is 2.29. The summed E-state index contributed by atoms with van der Waals surface area (Å²) in [7, 11) is -4.20. The van der Waals surface area contributed by atoms with Gasteiger partial charge in [-0.1, -0.05) is 35.4 Å². The van der Waals surface area contributed by atoms with Gasteiger partial charge in [0.1, 0.15) is 27.9 Å². The molecule has 0 amide bonds. The molecule has 35 heavy (non-hydrogen) atoms. The number of benzene rings is 2. The number of aryl methyl sites for hydroxylation is 3. The van der Waals surface area contributed by atoms with Gasteiger partial charge in [0.25, 0.3) is 5.56 Å². The number of nitrogens with zero attached hydrogens (tertiary/aromatic N) is 3. The zero-order valence-corrected chi connectivity index (χ0v) is 20.7. The first-order chi connectivity index (χ1) is 16.6. The minimum atomic E-state index is -4.20. The quantitative estimate of drug-likeness (QED) is 0.336. The predicted molar refractivity (Wildman–Crippen MR) is 134 cm³/mol. The van der Waals surface area contributed by atoms with Gasteiger partial charge in [-0.3, -0.25) is 9.20 Å². The molecule has 9 heteroatoms. The Morgan fingerprint density at radius 3 is 2.46 bits per heavy atom. The van der Waals surface area contributed by atoms with Gasteiger partial charge in [0, 0.05) is 11.2 Å². The third kappa shape index (κ3) is 4.69. The van der Waals surface area contributed by atoms with E-state index in [0.29, 0.717) is 22.0 Å². The van der Waals surface area contributed by atoms with Crippen LogP contribution in [0.15, 0.2) is 75.4 Å². The van der Waals surface area contributed by atoms with Gasteiger partial charge >= 0.3 is 0 Å². The standard InChI is InChI=1S/C26H20ClN3O4S/c1-16-6-9-20(10-7-16)35(32,33)21(15-28)14-22-25(34-19-8-11-23(27)18(3)13-19)29-24-17(2)5-4-12-30(24)26(22)31/h4-14H,1-3H3. The Labute approximate surface area is 207 Å². The molecule has 4 aromatic rings. The molecular formula is C26H20ClN3O4S. The average molecular weight is 506 g/mol. The first-order valence-corrected chi connectivity index (χ1v) is 12.4. The van der Waals surface area contributed by atoms with Crippen LogP contribution in [0.5, 0.6) is 11.6 Å². The SMILES string of the molecule is Cc1ccc(S(=O)(=O)C(C#N)=Cc2c(Oc3ccc(Cl)c(C)c3)nc3c(C)cccn3c2=O)cc1. The number of halogens is 1. The molecule has 0 bridgehead atoms. The lowest BCUT2D eigenvalue weighted by atomic mass is 10.2. The molecule has 0 saturated carbocycles. The molecule has 0 saturated heterocycles. The van der Waals surface area contributed by atoms with Crippen LogP contribution in [-0.2, 0) is 9.84 Å². The van der Waals surface area contributed by atoms with Gasteiger partial charge in [0.05, 0.1) is 4.90 Å². The molecule has 0 N–H and O–H groups in total. The highest BCUT2D eigenvalue weighted by molar-refractivity contribution is 7.95. The molecular weight excluding hydrogens is 486 g/mol. The second-order valence-corrected chi connectivity index (χ2v) is 10.3. The van der Waals surface area contributed by atoms with E-state index in [0.717, 1.165) is 17.2 Å². The third-order valence-electron chi connectivity index (χ3n) is 5.40. The summed E-state index contributed by atoms with van der Waals surface area (Å²) in [5, 5.41) is 10.3. The van der Waals surface area contributed by atoms with Gasteiger partial charge < -0.3 is 4.74 Å². The molecule has 0 atom stereocenters. The van der Waals surface area contributed by atoms with Crippen molar-refractivity contribution in [2.24, 2.45) is 0 Å². The molecule has 4 rings (SSSR count). The fraction of sp³-hybridized carbons (Fsp3) is 0.115. The van der Waals surface area contributed by atoms with Crippen molar-refractivity contribution < 1.29 is 13.2 Å². The second kappa shape index (κ2) is 9.37. The lowest BCUT2D eigenvalue weighted by Crippen LogP contribution is -2.20. The van der Waals surface area contributed by atoms with E-state index in [4.69, 9.17) is 16.3 Å². The number of ether oxygens (including phenoxy) is 1. The van der Waals surface area contributed by atoms with E-state index >= 15 is 0 Å². The van der Waals surface area contributed by atoms with Crippen LogP contribution in [-0.4, -0.2) is 17.8 Å². The van der Waals surface area contributed by atoms with Crippen molar-refractivity contribution in [2.45, 2.75) is 25.7 Å². The normalized spacial score (nSPS) is 11.9. The Morgan fingerprint density at radius 1 is 1.09 bits per heavy atom. The molecule has 2 heterocycles. The van der Waals surface area contributed by atoms with E-state index in [-0.39, 0.29) is 16.3 Å². The van der Waals surface area contributed by atoms with Gasteiger partial charge in [-0.15, -0.1) is 0 Å². The van der Waals surface area contributed by atoms with E-state index in [1.54, 1.807) is 62.4 Å². The summed E-state index contributed by atoms with van der Waals surface area (Å²) in [6.07, 6.45) is 2.53. The van der Waals surface area contributed by atoms with Crippen molar-refractivity contribution in [3.05, 3.63) is 103 Å². The first-order valence-electron chi connectivity index (χ1n) is 10.5. The molecule has 0 aliphatic rings. The number of hydrogen-bond acceptors (Lipinski definition) is 6. The van der Waals surface area contributed by atoms with Crippen molar-refractivity contribution in [1.29, 1.82) is 5.26 Å². The molecule has 0 aliphatic heterocycles. The lowest BCUT2D eigenvalue weighted by molar-refractivity contribution is 0.460. The molecule has 2 aromatic heterocycles. The summed E-state index contributed by atoms with van der Waals surface area (Å²) in [5.74, 6) is 0.226. The van der Waals surface area contributed by atoms with Crippen molar-refractivity contribution >= 4 is 33.2 Å². The summed E-state index contributed by atoms with van der Waals surface area (Å²) in [4.78, 5) is 17.3. The lowest BCUT2D eigenvalue weighted by Gasteiger charge is -2.12. The van der Waals surface area contributed by atoms with Crippen LogP contribution in [0.2, 0.25) is 5.02 Å². The maximum absolute atomic E-state index is 13.4. The van der Waals surface area contributed by atoms with Crippen LogP contribution in [0.25, 0.3) is 11.7 Å². The summed E-state index contributed by atoms with van der Waals surface area (Å²) in [6.45, 7) is 5.41. The van der Waals surface area contributed by atoms with Gasteiger partial charge in [0.15, 0.2) is 0 Å². The van der Waals surface area contributed by atoms with Crippen LogP contribution in [0, 0.1) is 32.1 Å². The van der Waals surface area contributed by atoms with Gasteiger partial charge in [-0.05, 0) is 74.4 Å². The van der Waals surface area contributed by atoms with Crippen LogP contribution >= 0.6 is 11.6 Å². The fourth-order valence-corrected chi connectivity index (χ4v) is 4.69. The van der Waals surface area contributed by atoms with Gasteiger partial charge in [0.2, 0.25) is 15.7 Å². The molecule has 0 radical (unpaired) electrons. The van der Waals surface area contributed by atoms with Crippen molar-refractivity contribution in [3.8, 4) is 17.7 Å². The average Bonchev–Trinajstić information content (AvgIpc) is 2.82. The molecule has 7 nitrogen and oxygen atoms in total. The van der Waals surface area contributed by atoms with Gasteiger partial charge in [-0.25, -0.2) is 8.42 Å². The van der Waals surface area contributed by atoms with Crippen LogP contribution in [0.4, 0.5) is 0 Å². The molecule has 0 fully saturated rings. The van der Waals surface area contributed by atoms with Crippen molar-refractivity contribution in [1.82, 2.24) is 9.38 Å². The minimum absolute atomic E-state index is 0.0589. The third-order valence-corrected chi connectivity index (χ3v) is 7.50. The maximum atomic E-state index is 13.4. The fourth-order valence-electron chi connectivity index (χ4n) is 3.43. The number of nitriles is 1. The van der Waals surface area contributed by atoms with E-state index in [2.05, 4.69) is 4.98 Å². The highest BCUT2D eigenvalue weighted by atomic mass is 35.5. The van der Waals surface area contributed by atoms with E-state index in [9.17, 15) is 18.5 Å². The van der Waals surface area contributed by atoms with E-state index in [1.165, 1.54) is 22.7 Å². The topological polar surface area (TPSA) is 102 Å². The molecule has 0 unspecified atom stereocenters. The summed E-state index contributed by atoms with van der Waals surface area (Å²) in [6, 6.07) is 16.2. The molecule has 176 valence electrons. The Kier molecular flexibility index (Phi) is 6.48. The number of rotatable bonds is 5. The Hall–Kier alpha value is -3.93. The molecule has 0 aliphatic carbocycles. The highest BCUT2D eigenvalue weighted by Gasteiger charge is 2.24. The summed E-state index contributed by atoms with van der Waals surface area (Å²) >= 11 is 6.11. The minimum Gasteiger partial charge on any atom is -0.438 e. The van der Waals surface area contributed by atoms with E-state index in [1.807, 2.05) is 6.92 Å². The Bertz CT molecular complexity index is 1700. The van der Waals surface area contributed by atoms with Crippen LogP contribution in [0.1, 0.15) is 22.3 Å². The largest absolute Gasteiger partial charge is 0.438 e. The first kappa shape index (κ1) is 24.2. The summed E-state index contributed by atoms with van der Waals surface area (Å²) in [5.41, 5.74) is 1.92. The van der Waals surface area contributed by atoms with Gasteiger partial charge in [-0.2, -0.15) is 10.2 Å². The zero-order chi connectivity index (χ0) is 25.3. The monoisotopic (exact) mass is 505 g/mol.